The van der Waals surface area contributed by atoms with Gasteiger partial charge in [-0.15, -0.1) is 0 Å². The number of benzene rings is 1. The summed E-state index contributed by atoms with van der Waals surface area (Å²) in [6.45, 7) is 0. The third-order valence-electron chi connectivity index (χ3n) is 1.43. The Bertz CT molecular complexity index is 353. The first kappa shape index (κ1) is 12.1. The van der Waals surface area contributed by atoms with Crippen LogP contribution in [0.4, 0.5) is 23.2 Å². The number of hydrogen-bond donors (Lipinski definition) is 1. The maximum absolute atomic E-state index is 12.7. The Balaban J connectivity index is 2.87. The van der Waals surface area contributed by atoms with Crippen LogP contribution in [0.1, 0.15) is 0 Å². The molecule has 0 heterocycles. The molecule has 0 fully saturated rings. The zero-order chi connectivity index (χ0) is 11.7. The van der Waals surface area contributed by atoms with E-state index in [-0.39, 0.29) is 5.69 Å². The molecule has 0 aliphatic rings. The van der Waals surface area contributed by atoms with E-state index < -0.39 is 16.7 Å². The normalized spacial score (nSPS) is 12.6. The Morgan fingerprint density at radius 1 is 1.20 bits per heavy atom. The van der Waals surface area contributed by atoms with Crippen molar-refractivity contribution in [2.45, 2.75) is 10.9 Å². The van der Waals surface area contributed by atoms with E-state index in [9.17, 15) is 17.6 Å². The molecule has 0 radical (unpaired) electrons. The highest BCUT2D eigenvalue weighted by molar-refractivity contribution is 9.10. The van der Waals surface area contributed by atoms with Crippen molar-refractivity contribution in [2.75, 3.05) is 5.73 Å². The quantitative estimate of drug-likeness (QED) is 0.526. The van der Waals surface area contributed by atoms with Gasteiger partial charge in [0.1, 0.15) is 5.75 Å². The summed E-state index contributed by atoms with van der Waals surface area (Å²) in [5, 5.41) is 0. The SMILES string of the molecule is Nc1cccc(OC(F)(F)C(F)(F)Br)c1. The largest absolute Gasteiger partial charge is 0.475 e. The van der Waals surface area contributed by atoms with Gasteiger partial charge < -0.3 is 10.5 Å². The van der Waals surface area contributed by atoms with Crippen LogP contribution in [0.3, 0.4) is 0 Å². The summed E-state index contributed by atoms with van der Waals surface area (Å²) < 4.78 is 53.8. The average molecular weight is 288 g/mol. The van der Waals surface area contributed by atoms with E-state index in [0.717, 1.165) is 12.1 Å². The summed E-state index contributed by atoms with van der Waals surface area (Å²) in [7, 11) is 0. The lowest BCUT2D eigenvalue weighted by atomic mass is 10.3. The highest BCUT2D eigenvalue weighted by Crippen LogP contribution is 2.40. The maximum atomic E-state index is 12.7. The highest BCUT2D eigenvalue weighted by atomic mass is 79.9. The zero-order valence-electron chi connectivity index (χ0n) is 7.18. The van der Waals surface area contributed by atoms with Gasteiger partial charge in [-0.05, 0) is 12.1 Å². The van der Waals surface area contributed by atoms with Crippen LogP contribution < -0.4 is 10.5 Å². The van der Waals surface area contributed by atoms with Gasteiger partial charge in [0.15, 0.2) is 0 Å². The standard InChI is InChI=1S/C8H6BrF4NO/c9-7(10,11)8(12,13)15-6-3-1-2-5(14)4-6/h1-4H,14H2. The molecular weight excluding hydrogens is 282 g/mol. The van der Waals surface area contributed by atoms with Crippen molar-refractivity contribution in [3.8, 4) is 5.75 Å². The predicted octanol–water partition coefficient (Wildman–Crippen LogP) is 3.23. The van der Waals surface area contributed by atoms with Crippen LogP contribution in [0, 0.1) is 0 Å². The molecule has 0 bridgehead atoms. The van der Waals surface area contributed by atoms with Gasteiger partial charge in [0.25, 0.3) is 0 Å². The van der Waals surface area contributed by atoms with Crippen LogP contribution in [0.25, 0.3) is 0 Å². The van der Waals surface area contributed by atoms with Crippen LogP contribution in [0.5, 0.6) is 5.75 Å². The van der Waals surface area contributed by atoms with E-state index in [1.54, 1.807) is 0 Å². The Kier molecular flexibility index (Phi) is 3.13. The van der Waals surface area contributed by atoms with Crippen LogP contribution in [-0.2, 0) is 0 Å². The minimum atomic E-state index is -4.64. The van der Waals surface area contributed by atoms with Crippen LogP contribution in [-0.4, -0.2) is 10.9 Å². The number of rotatable bonds is 3. The average Bonchev–Trinajstić information content (AvgIpc) is 2.00. The number of ether oxygens (including phenoxy) is 1. The van der Waals surface area contributed by atoms with Crippen LogP contribution in [0.2, 0.25) is 0 Å². The summed E-state index contributed by atoms with van der Waals surface area (Å²) in [5.74, 6) is -0.431. The van der Waals surface area contributed by atoms with Gasteiger partial charge in [-0.1, -0.05) is 6.07 Å². The molecule has 7 heteroatoms. The molecule has 0 saturated heterocycles. The summed E-state index contributed by atoms with van der Waals surface area (Å²) in [4.78, 5) is -4.44. The van der Waals surface area contributed by atoms with Gasteiger partial charge >= 0.3 is 10.9 Å². The second kappa shape index (κ2) is 3.88. The molecule has 1 aromatic rings. The maximum Gasteiger partial charge on any atom is 0.475 e. The molecule has 0 unspecified atom stereocenters. The molecule has 1 aromatic carbocycles. The minimum Gasteiger partial charge on any atom is -0.427 e. The van der Waals surface area contributed by atoms with Gasteiger partial charge in [-0.2, -0.15) is 17.6 Å². The summed E-state index contributed by atoms with van der Waals surface area (Å²) in [6, 6.07) is 4.85. The minimum absolute atomic E-state index is 0.140. The molecule has 0 atom stereocenters. The lowest BCUT2D eigenvalue weighted by Gasteiger charge is -2.21. The molecule has 1 rings (SSSR count). The topological polar surface area (TPSA) is 35.2 Å². The van der Waals surface area contributed by atoms with E-state index >= 15 is 0 Å². The Morgan fingerprint density at radius 2 is 1.80 bits per heavy atom. The smallest absolute Gasteiger partial charge is 0.427 e. The lowest BCUT2D eigenvalue weighted by Crippen LogP contribution is -2.40. The lowest BCUT2D eigenvalue weighted by molar-refractivity contribution is -0.266. The first-order valence-electron chi connectivity index (χ1n) is 3.71. The van der Waals surface area contributed by atoms with Gasteiger partial charge in [-0.25, -0.2) is 0 Å². The number of anilines is 1. The van der Waals surface area contributed by atoms with Crippen LogP contribution in [0.15, 0.2) is 24.3 Å². The van der Waals surface area contributed by atoms with Crippen molar-refractivity contribution in [3.05, 3.63) is 24.3 Å². The van der Waals surface area contributed by atoms with Crippen molar-refractivity contribution in [1.82, 2.24) is 0 Å². The summed E-state index contributed by atoms with van der Waals surface area (Å²) in [5.41, 5.74) is 5.40. The van der Waals surface area contributed by atoms with E-state index in [1.165, 1.54) is 28.1 Å². The van der Waals surface area contributed by atoms with E-state index in [4.69, 9.17) is 5.73 Å². The number of alkyl halides is 5. The summed E-state index contributed by atoms with van der Waals surface area (Å²) >= 11 is 1.54. The van der Waals surface area contributed by atoms with Gasteiger partial charge in [0, 0.05) is 27.7 Å². The number of nitrogens with two attached hydrogens (primary N) is 1. The third-order valence-corrected chi connectivity index (χ3v) is 1.90. The fraction of sp³-hybridized carbons (Fsp3) is 0.250. The van der Waals surface area contributed by atoms with Crippen molar-refractivity contribution in [1.29, 1.82) is 0 Å². The Morgan fingerprint density at radius 3 is 2.27 bits per heavy atom. The van der Waals surface area contributed by atoms with Crippen molar-refractivity contribution >= 4 is 21.6 Å². The van der Waals surface area contributed by atoms with Gasteiger partial charge in [0.2, 0.25) is 0 Å². The molecule has 0 aliphatic carbocycles. The monoisotopic (exact) mass is 287 g/mol. The summed E-state index contributed by atoms with van der Waals surface area (Å²) in [6.07, 6.45) is -4.64. The van der Waals surface area contributed by atoms with Gasteiger partial charge in [-0.3, -0.25) is 0 Å². The molecule has 15 heavy (non-hydrogen) atoms. The van der Waals surface area contributed by atoms with Crippen LogP contribution >= 0.6 is 15.9 Å². The molecule has 0 amide bonds. The van der Waals surface area contributed by atoms with Crippen molar-refractivity contribution < 1.29 is 22.3 Å². The molecule has 0 saturated carbocycles. The Hall–Kier alpha value is -0.980. The zero-order valence-corrected chi connectivity index (χ0v) is 8.77. The molecule has 84 valence electrons. The fourth-order valence-corrected chi connectivity index (χ4v) is 0.865. The fourth-order valence-electron chi connectivity index (χ4n) is 0.784. The number of hydrogen-bond acceptors (Lipinski definition) is 2. The second-order valence-electron chi connectivity index (χ2n) is 2.69. The number of halogens is 5. The van der Waals surface area contributed by atoms with Gasteiger partial charge in [0.05, 0.1) is 0 Å². The molecular formula is C8H6BrF4NO. The molecule has 0 aliphatic heterocycles. The molecule has 2 nitrogen and oxygen atoms in total. The van der Waals surface area contributed by atoms with Crippen molar-refractivity contribution in [2.24, 2.45) is 0 Å². The Labute approximate surface area is 91.1 Å². The predicted molar refractivity (Wildman–Crippen MR) is 50.3 cm³/mol. The molecule has 2 N–H and O–H groups in total. The van der Waals surface area contributed by atoms with E-state index in [1.807, 2.05) is 0 Å². The first-order valence-corrected chi connectivity index (χ1v) is 4.51. The van der Waals surface area contributed by atoms with Crippen molar-refractivity contribution in [3.63, 3.8) is 0 Å². The first-order chi connectivity index (χ1) is 6.72. The highest BCUT2D eigenvalue weighted by Gasteiger charge is 2.57. The van der Waals surface area contributed by atoms with E-state index in [2.05, 4.69) is 4.74 Å². The van der Waals surface area contributed by atoms with E-state index in [0.29, 0.717) is 0 Å². The molecule has 0 spiro atoms. The molecule has 0 aromatic heterocycles. The third kappa shape index (κ3) is 2.98. The second-order valence-corrected chi connectivity index (χ2v) is 3.69. The number of nitrogen functional groups attached to an aromatic ring is 1.